The molecule has 5 rings (SSSR count). The number of Topliss-reactive ketones (excluding diaryl/α,β-unsaturated/α-hetero) is 1. The standard InChI is InChI=1S/C16H15N3O5/c20-11-9-6-7-17-15(22)18(8-4-2-1-3-5-8)16(23)19(17)10(9)12(21)14-13(11)24-14/h1-5,9-10,12-14,21H,6-7H2/t9-,10+,12-,13+,14-/m0/s1. The lowest BCUT2D eigenvalue weighted by Gasteiger charge is -2.36. The summed E-state index contributed by atoms with van der Waals surface area (Å²) in [4.78, 5) is 38.0. The molecule has 3 heterocycles. The number of carbonyl (C=O) groups is 1. The molecule has 1 saturated heterocycles. The summed E-state index contributed by atoms with van der Waals surface area (Å²) in [5, 5.41) is 10.5. The van der Waals surface area contributed by atoms with Crippen molar-refractivity contribution in [1.29, 1.82) is 0 Å². The normalized spacial score (nSPS) is 33.5. The van der Waals surface area contributed by atoms with Crippen LogP contribution in [0.15, 0.2) is 39.9 Å². The zero-order chi connectivity index (χ0) is 16.6. The second-order valence-corrected chi connectivity index (χ2v) is 6.50. The molecule has 1 N–H and O–H groups in total. The van der Waals surface area contributed by atoms with Gasteiger partial charge >= 0.3 is 11.4 Å². The molecule has 1 aromatic carbocycles. The molecule has 2 aliphatic heterocycles. The largest absolute Gasteiger partial charge is 0.388 e. The van der Waals surface area contributed by atoms with Crippen molar-refractivity contribution < 1.29 is 14.6 Å². The molecule has 0 radical (unpaired) electrons. The fraction of sp³-hybridized carbons (Fsp3) is 0.438. The molecule has 3 aliphatic rings. The quantitative estimate of drug-likeness (QED) is 0.682. The maximum atomic E-state index is 12.9. The molecule has 5 atom stereocenters. The second kappa shape index (κ2) is 4.55. The van der Waals surface area contributed by atoms with Crippen LogP contribution in [-0.4, -0.2) is 43.1 Å². The van der Waals surface area contributed by atoms with Crippen LogP contribution in [0, 0.1) is 5.92 Å². The van der Waals surface area contributed by atoms with E-state index in [2.05, 4.69) is 0 Å². The lowest BCUT2D eigenvalue weighted by molar-refractivity contribution is -0.130. The van der Waals surface area contributed by atoms with Gasteiger partial charge in [-0.15, -0.1) is 0 Å². The molecule has 124 valence electrons. The molecule has 2 aromatic rings. The predicted octanol–water partition coefficient (Wildman–Crippen LogP) is -0.927. The molecular weight excluding hydrogens is 314 g/mol. The monoisotopic (exact) mass is 329 g/mol. The molecule has 24 heavy (non-hydrogen) atoms. The Bertz CT molecular complexity index is 956. The smallest absolute Gasteiger partial charge is 0.352 e. The Kier molecular flexibility index (Phi) is 2.64. The van der Waals surface area contributed by atoms with Gasteiger partial charge in [-0.2, -0.15) is 0 Å². The van der Waals surface area contributed by atoms with Crippen molar-refractivity contribution in [3.05, 3.63) is 51.3 Å². The number of aliphatic hydroxyl groups excluding tert-OH is 1. The summed E-state index contributed by atoms with van der Waals surface area (Å²) in [5.41, 5.74) is -0.523. The number of fused-ring (bicyclic) bond motifs is 4. The van der Waals surface area contributed by atoms with Gasteiger partial charge in [0.2, 0.25) is 0 Å². The van der Waals surface area contributed by atoms with E-state index in [9.17, 15) is 19.5 Å². The SMILES string of the molecule is O=C1[C@H]2CCn3c(=O)n(-c4ccccc4)c(=O)n3[C@H]2[C@H](O)[C@@H]2O[C@H]12. The first-order valence-corrected chi connectivity index (χ1v) is 7.96. The van der Waals surface area contributed by atoms with E-state index in [4.69, 9.17) is 4.74 Å². The molecule has 0 spiro atoms. The summed E-state index contributed by atoms with van der Waals surface area (Å²) < 4.78 is 8.93. The molecule has 1 aromatic heterocycles. The van der Waals surface area contributed by atoms with Crippen LogP contribution in [-0.2, 0) is 16.1 Å². The summed E-state index contributed by atoms with van der Waals surface area (Å²) in [6.07, 6.45) is -1.66. The molecule has 1 aliphatic carbocycles. The van der Waals surface area contributed by atoms with E-state index in [-0.39, 0.29) is 12.3 Å². The first-order chi connectivity index (χ1) is 11.6. The van der Waals surface area contributed by atoms with Crippen molar-refractivity contribution in [2.24, 2.45) is 5.92 Å². The van der Waals surface area contributed by atoms with Crippen molar-refractivity contribution in [3.63, 3.8) is 0 Å². The minimum absolute atomic E-state index is 0.0756. The van der Waals surface area contributed by atoms with Crippen LogP contribution < -0.4 is 11.4 Å². The highest BCUT2D eigenvalue weighted by Crippen LogP contribution is 2.45. The van der Waals surface area contributed by atoms with E-state index in [1.807, 2.05) is 0 Å². The summed E-state index contributed by atoms with van der Waals surface area (Å²) in [6, 6.07) is 7.89. The molecule has 8 heteroatoms. The Labute approximate surface area is 135 Å². The van der Waals surface area contributed by atoms with Crippen LogP contribution in [0.3, 0.4) is 0 Å². The molecule has 0 bridgehead atoms. The van der Waals surface area contributed by atoms with Gasteiger partial charge < -0.3 is 9.84 Å². The number of hydrogen-bond donors (Lipinski definition) is 1. The van der Waals surface area contributed by atoms with Gasteiger partial charge in [-0.1, -0.05) is 18.2 Å². The van der Waals surface area contributed by atoms with Gasteiger partial charge in [-0.25, -0.2) is 23.5 Å². The van der Waals surface area contributed by atoms with E-state index in [0.29, 0.717) is 12.1 Å². The average Bonchev–Trinajstić information content (AvgIpc) is 3.36. The van der Waals surface area contributed by atoms with Gasteiger partial charge in [0, 0.05) is 12.5 Å². The molecule has 1 saturated carbocycles. The minimum Gasteiger partial charge on any atom is -0.388 e. The number of hydrogen-bond acceptors (Lipinski definition) is 5. The molecule has 0 amide bonds. The lowest BCUT2D eigenvalue weighted by atomic mass is 9.79. The first-order valence-electron chi connectivity index (χ1n) is 7.96. The third kappa shape index (κ3) is 1.61. The average molecular weight is 329 g/mol. The Morgan fingerprint density at radius 3 is 2.58 bits per heavy atom. The number of aliphatic hydroxyl groups is 1. The molecule has 0 unspecified atom stereocenters. The fourth-order valence-electron chi connectivity index (χ4n) is 4.10. The highest BCUT2D eigenvalue weighted by atomic mass is 16.6. The van der Waals surface area contributed by atoms with Crippen molar-refractivity contribution >= 4 is 5.78 Å². The van der Waals surface area contributed by atoms with Crippen molar-refractivity contribution in [3.8, 4) is 5.69 Å². The zero-order valence-electron chi connectivity index (χ0n) is 12.6. The molecule has 2 fully saturated rings. The Morgan fingerprint density at radius 2 is 1.83 bits per heavy atom. The van der Waals surface area contributed by atoms with E-state index < -0.39 is 41.7 Å². The van der Waals surface area contributed by atoms with Crippen LogP contribution in [0.2, 0.25) is 0 Å². The Morgan fingerprint density at radius 1 is 1.08 bits per heavy atom. The summed E-state index contributed by atoms with van der Waals surface area (Å²) in [7, 11) is 0. The Balaban J connectivity index is 1.73. The maximum Gasteiger partial charge on any atom is 0.352 e. The number of epoxide rings is 1. The van der Waals surface area contributed by atoms with Gasteiger partial charge in [-0.3, -0.25) is 4.79 Å². The highest BCUT2D eigenvalue weighted by molar-refractivity contribution is 5.90. The van der Waals surface area contributed by atoms with Crippen molar-refractivity contribution in [2.75, 3.05) is 0 Å². The minimum atomic E-state index is -0.965. The van der Waals surface area contributed by atoms with Crippen LogP contribution in [0.25, 0.3) is 5.69 Å². The lowest BCUT2D eigenvalue weighted by Crippen LogP contribution is -2.52. The number of ketones is 1. The van der Waals surface area contributed by atoms with Crippen molar-refractivity contribution in [2.45, 2.75) is 37.3 Å². The van der Waals surface area contributed by atoms with Gasteiger partial charge in [-0.05, 0) is 18.6 Å². The van der Waals surface area contributed by atoms with Crippen LogP contribution in [0.4, 0.5) is 0 Å². The third-order valence-electron chi connectivity index (χ3n) is 5.28. The summed E-state index contributed by atoms with van der Waals surface area (Å²) in [6.45, 7) is 0.269. The zero-order valence-corrected chi connectivity index (χ0v) is 12.6. The predicted molar refractivity (Wildman–Crippen MR) is 81.1 cm³/mol. The van der Waals surface area contributed by atoms with Crippen LogP contribution >= 0.6 is 0 Å². The van der Waals surface area contributed by atoms with Gasteiger partial charge in [0.1, 0.15) is 18.3 Å². The number of rotatable bonds is 1. The second-order valence-electron chi connectivity index (χ2n) is 6.50. The number of benzene rings is 1. The van der Waals surface area contributed by atoms with Crippen LogP contribution in [0.1, 0.15) is 12.5 Å². The van der Waals surface area contributed by atoms with E-state index in [1.54, 1.807) is 30.3 Å². The van der Waals surface area contributed by atoms with Gasteiger partial charge in [0.15, 0.2) is 5.78 Å². The molecule has 8 nitrogen and oxygen atoms in total. The summed E-state index contributed by atoms with van der Waals surface area (Å²) in [5.74, 6) is -0.569. The molecular formula is C16H15N3O5. The van der Waals surface area contributed by atoms with E-state index >= 15 is 0 Å². The Hall–Kier alpha value is -2.45. The highest BCUT2D eigenvalue weighted by Gasteiger charge is 2.62. The number of para-hydroxylation sites is 1. The van der Waals surface area contributed by atoms with Crippen molar-refractivity contribution in [1.82, 2.24) is 13.9 Å². The van der Waals surface area contributed by atoms with E-state index in [1.165, 1.54) is 9.36 Å². The van der Waals surface area contributed by atoms with Crippen LogP contribution in [0.5, 0.6) is 0 Å². The maximum absolute atomic E-state index is 12.9. The van der Waals surface area contributed by atoms with E-state index in [0.717, 1.165) is 4.57 Å². The van der Waals surface area contributed by atoms with Gasteiger partial charge in [0.25, 0.3) is 0 Å². The summed E-state index contributed by atoms with van der Waals surface area (Å²) >= 11 is 0. The number of carbonyl (C=O) groups excluding carboxylic acids is 1. The topological polar surface area (TPSA) is 98.8 Å². The fourth-order valence-corrected chi connectivity index (χ4v) is 4.10. The van der Waals surface area contributed by atoms with Gasteiger partial charge in [0.05, 0.1) is 11.7 Å². The number of nitrogens with zero attached hydrogens (tertiary/aromatic N) is 3. The first kappa shape index (κ1) is 13.9. The number of aromatic nitrogens is 3. The number of ether oxygens (including phenoxy) is 1. The third-order valence-corrected chi connectivity index (χ3v) is 5.28.